The zero-order valence-electron chi connectivity index (χ0n) is 13.0. The van der Waals surface area contributed by atoms with Gasteiger partial charge in [-0.25, -0.2) is 0 Å². The van der Waals surface area contributed by atoms with Crippen LogP contribution in [-0.4, -0.2) is 47.6 Å². The second kappa shape index (κ2) is 7.90. The van der Waals surface area contributed by atoms with E-state index in [-0.39, 0.29) is 0 Å². The highest BCUT2D eigenvalue weighted by atomic mass is 32.2. The van der Waals surface area contributed by atoms with Gasteiger partial charge in [-0.3, -0.25) is 4.90 Å². The van der Waals surface area contributed by atoms with Crippen LogP contribution in [0.25, 0.3) is 0 Å². The Morgan fingerprint density at radius 1 is 1.21 bits per heavy atom. The first-order valence-electron chi connectivity index (χ1n) is 8.28. The van der Waals surface area contributed by atoms with Crippen LogP contribution in [0.15, 0.2) is 0 Å². The van der Waals surface area contributed by atoms with E-state index in [9.17, 15) is 0 Å². The highest BCUT2D eigenvalue weighted by Gasteiger charge is 2.35. The van der Waals surface area contributed by atoms with E-state index in [4.69, 9.17) is 0 Å². The Balaban J connectivity index is 1.87. The average Bonchev–Trinajstić information content (AvgIpc) is 2.45. The topological polar surface area (TPSA) is 15.3 Å². The van der Waals surface area contributed by atoms with E-state index in [2.05, 4.69) is 42.1 Å². The van der Waals surface area contributed by atoms with Crippen LogP contribution >= 0.6 is 11.8 Å². The molecule has 2 nitrogen and oxygen atoms in total. The van der Waals surface area contributed by atoms with Crippen molar-refractivity contribution in [2.45, 2.75) is 82.2 Å². The van der Waals surface area contributed by atoms with Crippen molar-refractivity contribution in [2.75, 3.05) is 19.3 Å². The molecule has 0 spiro atoms. The van der Waals surface area contributed by atoms with Gasteiger partial charge in [0.05, 0.1) is 0 Å². The zero-order chi connectivity index (χ0) is 13.7. The van der Waals surface area contributed by atoms with Crippen molar-refractivity contribution in [2.24, 2.45) is 0 Å². The van der Waals surface area contributed by atoms with E-state index in [1.54, 1.807) is 0 Å². The highest BCUT2D eigenvalue weighted by molar-refractivity contribution is 7.99. The molecular weight excluding hydrogens is 252 g/mol. The minimum absolute atomic E-state index is 0.765. The number of nitrogens with one attached hydrogen (secondary N) is 1. The third kappa shape index (κ3) is 4.12. The third-order valence-corrected chi connectivity index (χ3v) is 6.16. The van der Waals surface area contributed by atoms with E-state index >= 15 is 0 Å². The Morgan fingerprint density at radius 2 is 2.00 bits per heavy atom. The molecule has 1 aliphatic carbocycles. The van der Waals surface area contributed by atoms with Crippen LogP contribution < -0.4 is 5.32 Å². The van der Waals surface area contributed by atoms with Crippen LogP contribution in [0.4, 0.5) is 0 Å². The molecule has 2 aliphatic rings. The van der Waals surface area contributed by atoms with Crippen LogP contribution in [0.1, 0.15) is 58.8 Å². The highest BCUT2D eigenvalue weighted by Crippen LogP contribution is 2.34. The van der Waals surface area contributed by atoms with Gasteiger partial charge in [-0.15, -0.1) is 0 Å². The van der Waals surface area contributed by atoms with Crippen LogP contribution in [0, 0.1) is 0 Å². The lowest BCUT2D eigenvalue weighted by molar-refractivity contribution is 0.0713. The fraction of sp³-hybridized carbons (Fsp3) is 1.00. The van der Waals surface area contributed by atoms with Crippen molar-refractivity contribution in [3.63, 3.8) is 0 Å². The fourth-order valence-electron chi connectivity index (χ4n) is 3.95. The summed E-state index contributed by atoms with van der Waals surface area (Å²) in [4.78, 5) is 2.84. The van der Waals surface area contributed by atoms with Gasteiger partial charge < -0.3 is 5.32 Å². The molecule has 0 bridgehead atoms. The number of hydrogen-bond acceptors (Lipinski definition) is 3. The molecule has 0 aromatic carbocycles. The molecule has 1 saturated carbocycles. The first-order chi connectivity index (χ1) is 9.26. The molecule has 1 saturated heterocycles. The van der Waals surface area contributed by atoms with Gasteiger partial charge in [0.2, 0.25) is 0 Å². The average molecular weight is 285 g/mol. The summed E-state index contributed by atoms with van der Waals surface area (Å²) in [7, 11) is 0. The molecule has 2 fully saturated rings. The number of hydrogen-bond donors (Lipinski definition) is 1. The van der Waals surface area contributed by atoms with E-state index < -0.39 is 0 Å². The third-order valence-electron chi connectivity index (χ3n) is 5.01. The van der Waals surface area contributed by atoms with Crippen molar-refractivity contribution in [3.8, 4) is 0 Å². The maximum atomic E-state index is 3.72. The number of nitrogens with zero attached hydrogens (tertiary/aromatic N) is 1. The van der Waals surface area contributed by atoms with Crippen LogP contribution in [-0.2, 0) is 0 Å². The molecule has 4 unspecified atom stereocenters. The smallest absolute Gasteiger partial charge is 0.0217 e. The molecule has 1 aliphatic heterocycles. The summed E-state index contributed by atoms with van der Waals surface area (Å²) >= 11 is 2.11. The second-order valence-electron chi connectivity index (χ2n) is 6.39. The van der Waals surface area contributed by atoms with Gasteiger partial charge in [0.15, 0.2) is 0 Å². The molecule has 0 aromatic rings. The normalized spacial score (nSPS) is 37.4. The predicted molar refractivity (Wildman–Crippen MR) is 87.0 cm³/mol. The lowest BCUT2D eigenvalue weighted by atomic mass is 9.89. The molecule has 0 amide bonds. The molecule has 4 atom stereocenters. The van der Waals surface area contributed by atoms with Gasteiger partial charge >= 0.3 is 0 Å². The second-order valence-corrected chi connectivity index (χ2v) is 7.47. The monoisotopic (exact) mass is 284 g/mol. The number of likely N-dealkylation sites (tertiary alicyclic amines) is 1. The van der Waals surface area contributed by atoms with Crippen LogP contribution in [0.5, 0.6) is 0 Å². The maximum Gasteiger partial charge on any atom is 0.0217 e. The number of piperidine rings is 1. The summed E-state index contributed by atoms with van der Waals surface area (Å²) in [5.74, 6) is 0. The lowest BCUT2D eigenvalue weighted by Gasteiger charge is -2.46. The fourth-order valence-corrected chi connectivity index (χ4v) is 4.96. The zero-order valence-corrected chi connectivity index (χ0v) is 13.8. The minimum Gasteiger partial charge on any atom is -0.314 e. The Hall–Kier alpha value is 0.270. The maximum absolute atomic E-state index is 3.72. The SMILES string of the molecule is CCCNC1CCN(C2CCCCC2SC)C(C)C1. The Kier molecular flexibility index (Phi) is 6.51. The van der Waals surface area contributed by atoms with Crippen molar-refractivity contribution < 1.29 is 0 Å². The molecule has 2 rings (SSSR count). The van der Waals surface area contributed by atoms with Crippen molar-refractivity contribution in [1.29, 1.82) is 0 Å². The molecule has 1 heterocycles. The van der Waals surface area contributed by atoms with Crippen molar-refractivity contribution in [1.82, 2.24) is 10.2 Å². The van der Waals surface area contributed by atoms with E-state index in [0.717, 1.165) is 23.4 Å². The predicted octanol–water partition coefficient (Wildman–Crippen LogP) is 3.51. The summed E-state index contributed by atoms with van der Waals surface area (Å²) in [5, 5.41) is 4.60. The van der Waals surface area contributed by atoms with Gasteiger partial charge in [0.25, 0.3) is 0 Å². The first-order valence-corrected chi connectivity index (χ1v) is 9.57. The van der Waals surface area contributed by atoms with Gasteiger partial charge in [-0.05, 0) is 51.8 Å². The quantitative estimate of drug-likeness (QED) is 0.831. The summed E-state index contributed by atoms with van der Waals surface area (Å²) < 4.78 is 0. The lowest BCUT2D eigenvalue weighted by Crippen LogP contribution is -2.54. The Labute approximate surface area is 124 Å². The number of rotatable bonds is 5. The van der Waals surface area contributed by atoms with Crippen LogP contribution in [0.2, 0.25) is 0 Å². The van der Waals surface area contributed by atoms with Gasteiger partial charge in [-0.1, -0.05) is 19.8 Å². The summed E-state index contributed by atoms with van der Waals surface area (Å²) in [6.45, 7) is 7.21. The standard InChI is InChI=1S/C16H32N2S/c1-4-10-17-14-9-11-18(13(2)12-14)15-7-5-6-8-16(15)19-3/h13-17H,4-12H2,1-3H3. The van der Waals surface area contributed by atoms with Crippen molar-refractivity contribution >= 4 is 11.8 Å². The Morgan fingerprint density at radius 3 is 2.68 bits per heavy atom. The van der Waals surface area contributed by atoms with Crippen molar-refractivity contribution in [3.05, 3.63) is 0 Å². The first kappa shape index (κ1) is 15.7. The Bertz CT molecular complexity index is 259. The molecule has 0 aromatic heterocycles. The molecule has 3 heteroatoms. The largest absolute Gasteiger partial charge is 0.314 e. The van der Waals surface area contributed by atoms with E-state index in [1.807, 2.05) is 0 Å². The molecular formula is C16H32N2S. The summed E-state index contributed by atoms with van der Waals surface area (Å²) in [6.07, 6.45) is 12.0. The van der Waals surface area contributed by atoms with E-state index in [0.29, 0.717) is 0 Å². The molecule has 0 radical (unpaired) electrons. The van der Waals surface area contributed by atoms with Gasteiger partial charge in [0.1, 0.15) is 0 Å². The summed E-state index contributed by atoms with van der Waals surface area (Å²) in [6, 6.07) is 2.38. The minimum atomic E-state index is 0.765. The molecule has 19 heavy (non-hydrogen) atoms. The number of thioether (sulfide) groups is 1. The van der Waals surface area contributed by atoms with Gasteiger partial charge in [-0.2, -0.15) is 11.8 Å². The molecule has 1 N–H and O–H groups in total. The van der Waals surface area contributed by atoms with Gasteiger partial charge in [0, 0.05) is 29.9 Å². The van der Waals surface area contributed by atoms with E-state index in [1.165, 1.54) is 58.0 Å². The van der Waals surface area contributed by atoms with Crippen LogP contribution in [0.3, 0.4) is 0 Å². The summed E-state index contributed by atoms with van der Waals surface area (Å²) in [5.41, 5.74) is 0. The molecule has 112 valence electrons.